The van der Waals surface area contributed by atoms with Gasteiger partial charge >= 0.3 is 0 Å². The van der Waals surface area contributed by atoms with Crippen molar-refractivity contribution in [2.24, 2.45) is 0 Å². The van der Waals surface area contributed by atoms with Crippen LogP contribution in [0.25, 0.3) is 0 Å². The second-order valence-electron chi connectivity index (χ2n) is 8.07. The average Bonchev–Trinajstić information content (AvgIpc) is 2.78. The second kappa shape index (κ2) is 10.3. The zero-order valence-corrected chi connectivity index (χ0v) is 20.4. The number of amides is 1. The van der Waals surface area contributed by atoms with Crippen molar-refractivity contribution in [1.82, 2.24) is 14.3 Å². The van der Waals surface area contributed by atoms with E-state index in [1.807, 2.05) is 13.8 Å². The Hall–Kier alpha value is -2.31. The standard InChI is InChI=1S/C22H29N3O6S2/c1-16-4-8-19(9-5-16)32(27,28)23-18(3)21(22(26)25-12-14-31-15-13-25)24-33(29,30)20-10-6-17(2)7-11-20/h4-11,18,21,23-24H,12-15H2,1-3H3/t18-,21+/m0/s1. The molecule has 1 heterocycles. The highest BCUT2D eigenvalue weighted by Gasteiger charge is 2.36. The zero-order valence-electron chi connectivity index (χ0n) is 18.8. The van der Waals surface area contributed by atoms with E-state index in [1.165, 1.54) is 36.1 Å². The molecular weight excluding hydrogens is 466 g/mol. The lowest BCUT2D eigenvalue weighted by Crippen LogP contribution is -2.59. The van der Waals surface area contributed by atoms with Gasteiger partial charge < -0.3 is 9.64 Å². The van der Waals surface area contributed by atoms with Gasteiger partial charge in [-0.05, 0) is 45.0 Å². The topological polar surface area (TPSA) is 122 Å². The van der Waals surface area contributed by atoms with Crippen molar-refractivity contribution in [1.29, 1.82) is 0 Å². The van der Waals surface area contributed by atoms with Gasteiger partial charge in [0.15, 0.2) is 0 Å². The maximum Gasteiger partial charge on any atom is 0.242 e. The fourth-order valence-corrected chi connectivity index (χ4v) is 5.92. The van der Waals surface area contributed by atoms with E-state index in [0.29, 0.717) is 26.3 Å². The van der Waals surface area contributed by atoms with E-state index in [4.69, 9.17) is 4.74 Å². The molecule has 1 amide bonds. The molecule has 1 saturated heterocycles. The van der Waals surface area contributed by atoms with E-state index in [9.17, 15) is 21.6 Å². The van der Waals surface area contributed by atoms with Gasteiger partial charge in [-0.1, -0.05) is 35.4 Å². The van der Waals surface area contributed by atoms with Crippen molar-refractivity contribution in [3.63, 3.8) is 0 Å². The minimum atomic E-state index is -4.09. The number of ether oxygens (including phenoxy) is 1. The lowest BCUT2D eigenvalue weighted by molar-refractivity contribution is -0.137. The molecule has 0 saturated carbocycles. The molecule has 0 spiro atoms. The predicted molar refractivity (Wildman–Crippen MR) is 124 cm³/mol. The van der Waals surface area contributed by atoms with Crippen LogP contribution in [0.1, 0.15) is 18.1 Å². The van der Waals surface area contributed by atoms with Crippen LogP contribution in [0.4, 0.5) is 0 Å². The summed E-state index contributed by atoms with van der Waals surface area (Å²) >= 11 is 0. The molecular formula is C22H29N3O6S2. The van der Waals surface area contributed by atoms with Crippen molar-refractivity contribution in [3.8, 4) is 0 Å². The third-order valence-corrected chi connectivity index (χ3v) is 8.41. The highest BCUT2D eigenvalue weighted by molar-refractivity contribution is 7.90. The molecule has 1 fully saturated rings. The highest BCUT2D eigenvalue weighted by atomic mass is 32.2. The van der Waals surface area contributed by atoms with Gasteiger partial charge in [0, 0.05) is 19.1 Å². The molecule has 9 nitrogen and oxygen atoms in total. The third kappa shape index (κ3) is 6.39. The summed E-state index contributed by atoms with van der Waals surface area (Å²) in [7, 11) is -8.09. The van der Waals surface area contributed by atoms with E-state index in [0.717, 1.165) is 11.1 Å². The number of morpholine rings is 1. The Morgan fingerprint density at radius 3 is 1.70 bits per heavy atom. The first-order valence-corrected chi connectivity index (χ1v) is 13.5. The summed E-state index contributed by atoms with van der Waals surface area (Å²) in [5.74, 6) is -0.520. The molecule has 0 unspecified atom stereocenters. The summed E-state index contributed by atoms with van der Waals surface area (Å²) in [6.07, 6.45) is 0. The summed E-state index contributed by atoms with van der Waals surface area (Å²) < 4.78 is 62.0. The lowest BCUT2D eigenvalue weighted by atomic mass is 10.1. The van der Waals surface area contributed by atoms with E-state index < -0.39 is 38.0 Å². The summed E-state index contributed by atoms with van der Waals surface area (Å²) in [5.41, 5.74) is 1.78. The Balaban J connectivity index is 1.89. The first-order chi connectivity index (χ1) is 15.5. The van der Waals surface area contributed by atoms with Gasteiger partial charge in [0.25, 0.3) is 0 Å². The van der Waals surface area contributed by atoms with E-state index >= 15 is 0 Å². The fourth-order valence-electron chi connectivity index (χ4n) is 3.40. The highest BCUT2D eigenvalue weighted by Crippen LogP contribution is 2.16. The molecule has 0 aliphatic carbocycles. The van der Waals surface area contributed by atoms with Gasteiger partial charge in [0.1, 0.15) is 6.04 Å². The van der Waals surface area contributed by atoms with Gasteiger partial charge in [-0.3, -0.25) is 4.79 Å². The number of aryl methyl sites for hydroxylation is 2. The number of sulfonamides is 2. The van der Waals surface area contributed by atoms with Gasteiger partial charge in [0.2, 0.25) is 26.0 Å². The minimum Gasteiger partial charge on any atom is -0.378 e. The Bertz CT molecular complexity index is 1170. The van der Waals surface area contributed by atoms with Crippen LogP contribution in [-0.2, 0) is 29.6 Å². The van der Waals surface area contributed by atoms with Crippen LogP contribution in [0.5, 0.6) is 0 Å². The van der Waals surface area contributed by atoms with Crippen molar-refractivity contribution < 1.29 is 26.4 Å². The molecule has 0 aromatic heterocycles. The molecule has 2 aromatic carbocycles. The minimum absolute atomic E-state index is 0.0125. The molecule has 33 heavy (non-hydrogen) atoms. The number of rotatable bonds is 8. The van der Waals surface area contributed by atoms with Crippen LogP contribution in [0.2, 0.25) is 0 Å². The first kappa shape index (κ1) is 25.3. The Labute approximate surface area is 195 Å². The molecule has 180 valence electrons. The third-order valence-electron chi connectivity index (χ3n) is 5.37. The Morgan fingerprint density at radius 2 is 1.24 bits per heavy atom. The number of carbonyl (C=O) groups excluding carboxylic acids is 1. The summed E-state index contributed by atoms with van der Waals surface area (Å²) in [4.78, 5) is 14.8. The van der Waals surface area contributed by atoms with E-state index in [-0.39, 0.29) is 9.79 Å². The van der Waals surface area contributed by atoms with Crippen molar-refractivity contribution in [3.05, 3.63) is 59.7 Å². The first-order valence-electron chi connectivity index (χ1n) is 10.5. The van der Waals surface area contributed by atoms with Crippen molar-refractivity contribution in [2.75, 3.05) is 26.3 Å². The summed E-state index contributed by atoms with van der Waals surface area (Å²) in [5, 5.41) is 0. The number of nitrogens with one attached hydrogen (secondary N) is 2. The van der Waals surface area contributed by atoms with Crippen molar-refractivity contribution >= 4 is 26.0 Å². The molecule has 1 aliphatic rings. The maximum absolute atomic E-state index is 13.3. The van der Waals surface area contributed by atoms with Gasteiger partial charge in [-0.25, -0.2) is 21.6 Å². The number of hydrogen-bond acceptors (Lipinski definition) is 6. The van der Waals surface area contributed by atoms with E-state index in [2.05, 4.69) is 9.44 Å². The van der Waals surface area contributed by atoms with Crippen LogP contribution in [0.15, 0.2) is 58.3 Å². The van der Waals surface area contributed by atoms with Crippen LogP contribution < -0.4 is 9.44 Å². The monoisotopic (exact) mass is 495 g/mol. The molecule has 2 atom stereocenters. The smallest absolute Gasteiger partial charge is 0.242 e. The predicted octanol–water partition coefficient (Wildman–Crippen LogP) is 1.18. The SMILES string of the molecule is Cc1ccc(S(=O)(=O)N[C@@H](C)[C@@H](NS(=O)(=O)c2ccc(C)cc2)C(=O)N2CCOCC2)cc1. The Morgan fingerprint density at radius 1 is 0.818 bits per heavy atom. The van der Waals surface area contributed by atoms with Gasteiger partial charge in [-0.15, -0.1) is 0 Å². The van der Waals surface area contributed by atoms with E-state index in [1.54, 1.807) is 24.3 Å². The van der Waals surface area contributed by atoms with Crippen LogP contribution >= 0.6 is 0 Å². The number of carbonyl (C=O) groups is 1. The van der Waals surface area contributed by atoms with Crippen molar-refractivity contribution in [2.45, 2.75) is 42.6 Å². The molecule has 11 heteroatoms. The molecule has 2 aromatic rings. The number of nitrogens with zero attached hydrogens (tertiary/aromatic N) is 1. The molecule has 0 radical (unpaired) electrons. The van der Waals surface area contributed by atoms with Gasteiger partial charge in [0.05, 0.1) is 23.0 Å². The normalized spacial score (nSPS) is 16.9. The molecule has 0 bridgehead atoms. The fraction of sp³-hybridized carbons (Fsp3) is 0.409. The lowest BCUT2D eigenvalue weighted by Gasteiger charge is -2.33. The van der Waals surface area contributed by atoms with Crippen LogP contribution in [-0.4, -0.2) is 66.0 Å². The second-order valence-corrected chi connectivity index (χ2v) is 11.5. The quantitative estimate of drug-likeness (QED) is 0.567. The zero-order chi connectivity index (χ0) is 24.2. The van der Waals surface area contributed by atoms with Crippen LogP contribution in [0, 0.1) is 13.8 Å². The number of benzene rings is 2. The van der Waals surface area contributed by atoms with Crippen LogP contribution in [0.3, 0.4) is 0 Å². The average molecular weight is 496 g/mol. The molecule has 3 rings (SSSR count). The maximum atomic E-state index is 13.3. The largest absolute Gasteiger partial charge is 0.378 e. The molecule has 1 aliphatic heterocycles. The summed E-state index contributed by atoms with van der Waals surface area (Å²) in [6, 6.07) is 10.0. The van der Waals surface area contributed by atoms with Gasteiger partial charge in [-0.2, -0.15) is 4.72 Å². The Kier molecular flexibility index (Phi) is 7.91. The molecule has 2 N–H and O–H groups in total. The number of hydrogen-bond donors (Lipinski definition) is 2. The summed E-state index contributed by atoms with van der Waals surface area (Å²) in [6.45, 7) is 6.36.